The van der Waals surface area contributed by atoms with Gasteiger partial charge in [-0.05, 0) is 36.8 Å². The zero-order valence-corrected chi connectivity index (χ0v) is 14.6. The normalized spacial score (nSPS) is 26.5. The number of para-hydroxylation sites is 1. The van der Waals surface area contributed by atoms with Crippen molar-refractivity contribution in [3.8, 4) is 0 Å². The summed E-state index contributed by atoms with van der Waals surface area (Å²) in [5, 5.41) is 6.13. The summed E-state index contributed by atoms with van der Waals surface area (Å²) < 4.78 is 11.2. The van der Waals surface area contributed by atoms with Crippen molar-refractivity contribution in [3.05, 3.63) is 29.8 Å². The second-order valence-corrected chi connectivity index (χ2v) is 7.12. The molecule has 4 rings (SSSR count). The third kappa shape index (κ3) is 4.07. The largest absolute Gasteiger partial charge is 0.378 e. The first-order valence-corrected chi connectivity index (χ1v) is 9.38. The van der Waals surface area contributed by atoms with E-state index in [-0.39, 0.29) is 18.2 Å². The van der Waals surface area contributed by atoms with Crippen LogP contribution in [-0.4, -0.2) is 51.1 Å². The van der Waals surface area contributed by atoms with Crippen LogP contribution in [0, 0.1) is 5.92 Å². The average Bonchev–Trinajstić information content (AvgIpc) is 3.40. The maximum atomic E-state index is 12.3. The van der Waals surface area contributed by atoms with Crippen molar-refractivity contribution in [2.75, 3.05) is 37.8 Å². The molecule has 0 bridgehead atoms. The maximum absolute atomic E-state index is 12.3. The number of carbonyl (C=O) groups is 1. The van der Waals surface area contributed by atoms with Crippen LogP contribution in [0.3, 0.4) is 0 Å². The standard InChI is InChI=1S/C19H27N3O3/c23-19(21-16-7-10-25-18(16)14-5-6-14)20-13-15-3-1-2-4-17(15)22-8-11-24-12-9-22/h1-4,14,16,18H,5-13H2,(H2,20,21,23)/t16-,18+/m1/s1. The molecule has 6 nitrogen and oxygen atoms in total. The topological polar surface area (TPSA) is 62.8 Å². The van der Waals surface area contributed by atoms with E-state index in [0.717, 1.165) is 44.9 Å². The fraction of sp³-hybridized carbons (Fsp3) is 0.632. The van der Waals surface area contributed by atoms with Gasteiger partial charge in [0.05, 0.1) is 25.4 Å². The fourth-order valence-electron chi connectivity index (χ4n) is 3.82. The van der Waals surface area contributed by atoms with Crippen LogP contribution in [0.5, 0.6) is 0 Å². The van der Waals surface area contributed by atoms with Crippen LogP contribution < -0.4 is 15.5 Å². The zero-order chi connectivity index (χ0) is 17.1. The van der Waals surface area contributed by atoms with E-state index in [1.54, 1.807) is 0 Å². The van der Waals surface area contributed by atoms with Gasteiger partial charge in [0.1, 0.15) is 0 Å². The predicted molar refractivity (Wildman–Crippen MR) is 95.7 cm³/mol. The van der Waals surface area contributed by atoms with Crippen molar-refractivity contribution in [2.45, 2.75) is 38.0 Å². The average molecular weight is 345 g/mol. The lowest BCUT2D eigenvalue weighted by Gasteiger charge is -2.30. The van der Waals surface area contributed by atoms with Gasteiger partial charge < -0.3 is 25.0 Å². The van der Waals surface area contributed by atoms with Crippen molar-refractivity contribution in [1.82, 2.24) is 10.6 Å². The Bertz CT molecular complexity index is 599. The molecule has 2 saturated heterocycles. The van der Waals surface area contributed by atoms with Crippen LogP contribution in [0.25, 0.3) is 0 Å². The van der Waals surface area contributed by atoms with Crippen LogP contribution in [0.4, 0.5) is 10.5 Å². The van der Waals surface area contributed by atoms with E-state index in [4.69, 9.17) is 9.47 Å². The summed E-state index contributed by atoms with van der Waals surface area (Å²) >= 11 is 0. The van der Waals surface area contributed by atoms with Crippen LogP contribution >= 0.6 is 0 Å². The molecule has 1 aromatic carbocycles. The summed E-state index contributed by atoms with van der Waals surface area (Å²) in [6.45, 7) is 4.59. The van der Waals surface area contributed by atoms with Gasteiger partial charge in [-0.15, -0.1) is 0 Å². The van der Waals surface area contributed by atoms with Crippen molar-refractivity contribution in [1.29, 1.82) is 0 Å². The lowest BCUT2D eigenvalue weighted by molar-refractivity contribution is 0.0825. The summed E-state index contributed by atoms with van der Waals surface area (Å²) in [6, 6.07) is 8.32. The third-order valence-electron chi connectivity index (χ3n) is 5.32. The predicted octanol–water partition coefficient (Wildman–Crippen LogP) is 1.89. The van der Waals surface area contributed by atoms with Gasteiger partial charge in [0.15, 0.2) is 0 Å². The number of nitrogens with one attached hydrogen (secondary N) is 2. The number of rotatable bonds is 5. The molecule has 2 aliphatic heterocycles. The highest BCUT2D eigenvalue weighted by Gasteiger charge is 2.41. The minimum absolute atomic E-state index is 0.0991. The Morgan fingerprint density at radius 2 is 1.92 bits per heavy atom. The van der Waals surface area contributed by atoms with E-state index in [0.29, 0.717) is 12.5 Å². The number of benzene rings is 1. The molecule has 136 valence electrons. The molecule has 3 aliphatic rings. The van der Waals surface area contributed by atoms with E-state index in [1.807, 2.05) is 12.1 Å². The molecule has 1 saturated carbocycles. The SMILES string of the molecule is O=C(NCc1ccccc1N1CCOCC1)N[C@@H]1CCO[C@H]1C1CC1. The van der Waals surface area contributed by atoms with Gasteiger partial charge in [0.25, 0.3) is 0 Å². The second kappa shape index (κ2) is 7.62. The number of urea groups is 1. The van der Waals surface area contributed by atoms with Crippen LogP contribution in [0.1, 0.15) is 24.8 Å². The first-order valence-electron chi connectivity index (χ1n) is 9.38. The smallest absolute Gasteiger partial charge is 0.315 e. The van der Waals surface area contributed by atoms with E-state index in [9.17, 15) is 4.79 Å². The van der Waals surface area contributed by atoms with E-state index >= 15 is 0 Å². The number of hydrogen-bond donors (Lipinski definition) is 2. The minimum atomic E-state index is -0.0991. The summed E-state index contributed by atoms with van der Waals surface area (Å²) in [5.41, 5.74) is 2.33. The molecule has 3 fully saturated rings. The lowest BCUT2D eigenvalue weighted by atomic mass is 10.1. The molecule has 0 spiro atoms. The zero-order valence-electron chi connectivity index (χ0n) is 14.6. The molecular weight excluding hydrogens is 318 g/mol. The molecule has 6 heteroatoms. The van der Waals surface area contributed by atoms with Crippen molar-refractivity contribution >= 4 is 11.7 Å². The summed E-state index contributed by atoms with van der Waals surface area (Å²) in [5.74, 6) is 0.648. The highest BCUT2D eigenvalue weighted by molar-refractivity contribution is 5.74. The van der Waals surface area contributed by atoms with Gasteiger partial charge in [-0.1, -0.05) is 18.2 Å². The molecule has 1 aliphatic carbocycles. The molecule has 1 aromatic rings. The Kier molecular flexibility index (Phi) is 5.08. The Morgan fingerprint density at radius 1 is 1.12 bits per heavy atom. The number of hydrogen-bond acceptors (Lipinski definition) is 4. The number of ether oxygens (including phenoxy) is 2. The van der Waals surface area contributed by atoms with Gasteiger partial charge in [-0.2, -0.15) is 0 Å². The van der Waals surface area contributed by atoms with Crippen LogP contribution in [0.15, 0.2) is 24.3 Å². The molecule has 2 atom stereocenters. The van der Waals surface area contributed by atoms with E-state index in [2.05, 4.69) is 27.7 Å². The fourth-order valence-corrected chi connectivity index (χ4v) is 3.82. The Morgan fingerprint density at radius 3 is 2.72 bits per heavy atom. The molecule has 25 heavy (non-hydrogen) atoms. The highest BCUT2D eigenvalue weighted by Crippen LogP contribution is 2.38. The Balaban J connectivity index is 1.32. The van der Waals surface area contributed by atoms with Gasteiger partial charge in [0, 0.05) is 31.9 Å². The number of morpholine rings is 1. The summed E-state index contributed by atoms with van der Waals surface area (Å²) in [6.07, 6.45) is 3.60. The molecule has 2 amide bonds. The van der Waals surface area contributed by atoms with Gasteiger partial charge >= 0.3 is 6.03 Å². The molecule has 0 aromatic heterocycles. The van der Waals surface area contributed by atoms with E-state index in [1.165, 1.54) is 18.5 Å². The van der Waals surface area contributed by atoms with Crippen LogP contribution in [0.2, 0.25) is 0 Å². The van der Waals surface area contributed by atoms with Crippen molar-refractivity contribution in [2.24, 2.45) is 5.92 Å². The van der Waals surface area contributed by atoms with Crippen molar-refractivity contribution < 1.29 is 14.3 Å². The molecule has 2 N–H and O–H groups in total. The van der Waals surface area contributed by atoms with E-state index < -0.39 is 0 Å². The van der Waals surface area contributed by atoms with Crippen molar-refractivity contribution in [3.63, 3.8) is 0 Å². The minimum Gasteiger partial charge on any atom is -0.378 e. The molecule has 0 radical (unpaired) electrons. The molecule has 0 unspecified atom stereocenters. The van der Waals surface area contributed by atoms with Gasteiger partial charge in [-0.25, -0.2) is 4.79 Å². The quantitative estimate of drug-likeness (QED) is 0.855. The molecule has 2 heterocycles. The Labute approximate surface area is 148 Å². The summed E-state index contributed by atoms with van der Waals surface area (Å²) in [7, 11) is 0. The van der Waals surface area contributed by atoms with Gasteiger partial charge in [0.2, 0.25) is 0 Å². The first kappa shape index (κ1) is 16.7. The molecular formula is C19H27N3O3. The number of anilines is 1. The Hall–Kier alpha value is -1.79. The second-order valence-electron chi connectivity index (χ2n) is 7.12. The third-order valence-corrected chi connectivity index (χ3v) is 5.32. The first-order chi connectivity index (χ1) is 12.3. The lowest BCUT2D eigenvalue weighted by Crippen LogP contribution is -2.46. The number of carbonyl (C=O) groups excluding carboxylic acids is 1. The monoisotopic (exact) mass is 345 g/mol. The van der Waals surface area contributed by atoms with Crippen LogP contribution in [-0.2, 0) is 16.0 Å². The number of amides is 2. The maximum Gasteiger partial charge on any atom is 0.315 e. The van der Waals surface area contributed by atoms with Gasteiger partial charge in [-0.3, -0.25) is 0 Å². The highest BCUT2D eigenvalue weighted by atomic mass is 16.5. The number of nitrogens with zero attached hydrogens (tertiary/aromatic N) is 1. The summed E-state index contributed by atoms with van der Waals surface area (Å²) in [4.78, 5) is 14.7.